The molecule has 4 fully saturated rings. The molecule has 6 N–H and O–H groups in total. The van der Waals surface area contributed by atoms with E-state index in [2.05, 4.69) is 33.5 Å². The van der Waals surface area contributed by atoms with E-state index in [-0.39, 0.29) is 69.4 Å². The number of carboxylic acids is 1. The number of fused-ring (bicyclic) bond motifs is 4. The van der Waals surface area contributed by atoms with Gasteiger partial charge in [0.05, 0.1) is 6.04 Å². The summed E-state index contributed by atoms with van der Waals surface area (Å²) >= 11 is 0. The van der Waals surface area contributed by atoms with E-state index in [1.807, 2.05) is 19.1 Å². The van der Waals surface area contributed by atoms with Crippen LogP contribution in [0, 0.1) is 11.6 Å². The summed E-state index contributed by atoms with van der Waals surface area (Å²) in [7, 11) is 3.00. The van der Waals surface area contributed by atoms with E-state index >= 15 is 0 Å². The maximum Gasteiger partial charge on any atom is 0.418 e. The number of benzene rings is 4. The Bertz CT molecular complexity index is 2850. The minimum Gasteiger partial charge on any atom is -0.480 e. The summed E-state index contributed by atoms with van der Waals surface area (Å²) in [6, 6.07) is 22.8. The van der Waals surface area contributed by atoms with E-state index in [0.717, 1.165) is 34.4 Å². The number of aliphatic carboxylic acids is 1. The third kappa shape index (κ3) is 11.4. The predicted octanol–water partition coefficient (Wildman–Crippen LogP) is 8.00. The van der Waals surface area contributed by atoms with Crippen LogP contribution < -0.4 is 26.6 Å². The molecule has 2 spiro atoms. The fourth-order valence-electron chi connectivity index (χ4n) is 10.5. The van der Waals surface area contributed by atoms with E-state index in [0.29, 0.717) is 58.7 Å². The van der Waals surface area contributed by atoms with Gasteiger partial charge in [-0.3, -0.25) is 19.2 Å². The Balaban J connectivity index is 0.000000201. The Kier molecular flexibility index (Phi) is 17.3. The van der Waals surface area contributed by atoms with Crippen LogP contribution in [0.3, 0.4) is 0 Å². The second-order valence-electron chi connectivity index (χ2n) is 18.8. The Morgan fingerprint density at radius 2 is 1.12 bits per heavy atom. The molecule has 4 aromatic carbocycles. The van der Waals surface area contributed by atoms with Crippen LogP contribution in [0.5, 0.6) is 0 Å². The van der Waals surface area contributed by atoms with Crippen LogP contribution in [-0.2, 0) is 52.7 Å². The summed E-state index contributed by atoms with van der Waals surface area (Å²) < 4.78 is 37.0. The van der Waals surface area contributed by atoms with Gasteiger partial charge in [-0.25, -0.2) is 37.8 Å². The zero-order chi connectivity index (χ0) is 52.4. The number of likely N-dealkylation sites (tertiary alicyclic amines) is 1. The first-order chi connectivity index (χ1) is 34.9. The van der Waals surface area contributed by atoms with Gasteiger partial charge in [0.15, 0.2) is 0 Å². The number of imide groups is 2. The molecule has 19 nitrogen and oxygen atoms in total. The number of halogens is 2. The topological polar surface area (TPSA) is 245 Å². The summed E-state index contributed by atoms with van der Waals surface area (Å²) in [5.41, 5.74) is 2.84. The van der Waals surface area contributed by atoms with E-state index in [9.17, 15) is 47.1 Å². The van der Waals surface area contributed by atoms with Crippen molar-refractivity contribution in [3.05, 3.63) is 130 Å². The SMILES string of the molecule is C.C.CC1CCC(c2ccc(F)cc2)N1.CNC(=O)Nc1ccc2c(c1)CC[C@@]21OC(=O)N(CC(=O)N2C(C)CCC2c2ccc(F)cc2)C1=O.CNC(=O)Nc1ccc2c(c1)CC[C@@]21OC(=O)N(CC(=O)O)C1=O. The van der Waals surface area contributed by atoms with Crippen molar-refractivity contribution >= 4 is 59.3 Å². The van der Waals surface area contributed by atoms with E-state index in [1.54, 1.807) is 53.4 Å². The van der Waals surface area contributed by atoms with Crippen molar-refractivity contribution in [3.8, 4) is 0 Å². The lowest BCUT2D eigenvalue weighted by Gasteiger charge is -2.30. The quantitative estimate of drug-likeness (QED) is 0.0983. The molecule has 6 aliphatic rings. The van der Waals surface area contributed by atoms with E-state index in [1.165, 1.54) is 50.3 Å². The summed E-state index contributed by atoms with van der Waals surface area (Å²) in [4.78, 5) is 101. The molecule has 21 heteroatoms. The van der Waals surface area contributed by atoms with Crippen molar-refractivity contribution in [1.82, 2.24) is 30.7 Å². The van der Waals surface area contributed by atoms with E-state index < -0.39 is 54.3 Å². The maximum absolute atomic E-state index is 13.5. The minimum atomic E-state index is -1.47. The van der Waals surface area contributed by atoms with Crippen LogP contribution >= 0.6 is 0 Å². The maximum atomic E-state index is 13.5. The molecule has 0 radical (unpaired) electrons. The molecular weight excluding hydrogens is 975 g/mol. The second kappa shape index (κ2) is 23.1. The first-order valence-electron chi connectivity index (χ1n) is 24.0. The van der Waals surface area contributed by atoms with Crippen molar-refractivity contribution < 1.29 is 61.7 Å². The first-order valence-corrected chi connectivity index (χ1v) is 24.0. The molecule has 4 unspecified atom stereocenters. The van der Waals surface area contributed by atoms with Gasteiger partial charge >= 0.3 is 30.2 Å². The standard InChI is InChI=1S/C26H27FN4O5.C15H15N3O6.C11H14FN.2CH4/c1-15-3-10-21(16-4-6-18(27)7-5-16)31(15)22(32)14-30-23(33)26(36-25(30)35)12-11-17-13-19(8-9-20(17)26)29-24(34)28-2;1-16-13(22)17-9-2-3-10-8(6-9)4-5-15(10)12(21)18(7-11(19)20)14(23)24-15;1-8-2-7-11(13-8)9-3-5-10(12)6-4-9;;/h4-9,13,15,21H,3,10-12,14H2,1-2H3,(H2,28,29,34);2-3,6H,4-5,7H2,1H3,(H,19,20)(H2,16,17,22);3-6,8,11,13H,2,7H2,1H3;2*1H4/t15?,21?,26-;15-;;;/m11.../s1. The van der Waals surface area contributed by atoms with Crippen LogP contribution in [-0.4, -0.2) is 107 Å². The highest BCUT2D eigenvalue weighted by Gasteiger charge is 2.60. The molecule has 4 heterocycles. The molecule has 4 aromatic rings. The molecular formula is C54H64F2N8O11. The molecule has 4 aliphatic heterocycles. The number of aryl methyl sites for hydroxylation is 2. The lowest BCUT2D eigenvalue weighted by atomic mass is 9.94. The van der Waals surface area contributed by atoms with Crippen molar-refractivity contribution in [3.63, 3.8) is 0 Å². The normalized spacial score (nSPS) is 23.6. The highest BCUT2D eigenvalue weighted by molar-refractivity contribution is 6.07. The zero-order valence-corrected chi connectivity index (χ0v) is 40.6. The van der Waals surface area contributed by atoms with Gasteiger partial charge in [0.25, 0.3) is 11.8 Å². The molecule has 0 aromatic heterocycles. The van der Waals surface area contributed by atoms with Gasteiger partial charge in [-0.2, -0.15) is 0 Å². The Morgan fingerprint density at radius 1 is 0.653 bits per heavy atom. The van der Waals surface area contributed by atoms with Gasteiger partial charge in [0, 0.05) is 67.6 Å². The number of nitrogens with one attached hydrogen (secondary N) is 5. The molecule has 6 atom stereocenters. The number of carbonyl (C=O) groups is 8. The van der Waals surface area contributed by atoms with E-state index in [4.69, 9.17) is 14.6 Å². The fourth-order valence-corrected chi connectivity index (χ4v) is 10.5. The number of urea groups is 2. The number of rotatable bonds is 8. The number of hydrogen-bond acceptors (Lipinski definition) is 11. The smallest absolute Gasteiger partial charge is 0.418 e. The largest absolute Gasteiger partial charge is 0.480 e. The molecule has 75 heavy (non-hydrogen) atoms. The molecule has 4 saturated heterocycles. The van der Waals surface area contributed by atoms with Crippen LogP contribution in [0.2, 0.25) is 0 Å². The number of ether oxygens (including phenoxy) is 2. The lowest BCUT2D eigenvalue weighted by molar-refractivity contribution is -0.144. The second-order valence-corrected chi connectivity index (χ2v) is 18.8. The average Bonchev–Trinajstić information content (AvgIpc) is 4.22. The summed E-state index contributed by atoms with van der Waals surface area (Å²) in [5.74, 6) is -3.39. The van der Waals surface area contributed by atoms with Gasteiger partial charge in [-0.1, -0.05) is 51.3 Å². The molecule has 0 saturated carbocycles. The van der Waals surface area contributed by atoms with Gasteiger partial charge in [0.2, 0.25) is 17.1 Å². The summed E-state index contributed by atoms with van der Waals surface area (Å²) in [6.45, 7) is 2.95. The summed E-state index contributed by atoms with van der Waals surface area (Å²) in [5, 5.41) is 22.5. The van der Waals surface area contributed by atoms with Crippen LogP contribution in [0.15, 0.2) is 84.9 Å². The third-order valence-corrected chi connectivity index (χ3v) is 14.1. The number of amides is 9. The number of carbonyl (C=O) groups excluding carboxylic acids is 7. The zero-order valence-electron chi connectivity index (χ0n) is 40.6. The summed E-state index contributed by atoms with van der Waals surface area (Å²) in [6.07, 6.45) is 3.49. The van der Waals surface area contributed by atoms with Crippen molar-refractivity contribution in [2.75, 3.05) is 37.8 Å². The number of nitrogens with zero attached hydrogens (tertiary/aromatic N) is 3. The Hall–Kier alpha value is -7.94. The Morgan fingerprint density at radius 3 is 1.56 bits per heavy atom. The van der Waals surface area contributed by atoms with Crippen molar-refractivity contribution in [2.45, 2.75) is 115 Å². The molecule has 400 valence electrons. The molecule has 10 rings (SSSR count). The molecule has 0 bridgehead atoms. The average molecular weight is 1040 g/mol. The number of hydrogen-bond donors (Lipinski definition) is 6. The van der Waals surface area contributed by atoms with Crippen molar-refractivity contribution in [1.29, 1.82) is 0 Å². The van der Waals surface area contributed by atoms with Crippen molar-refractivity contribution in [2.24, 2.45) is 0 Å². The van der Waals surface area contributed by atoms with Gasteiger partial charge < -0.3 is 46.1 Å². The van der Waals surface area contributed by atoms with Gasteiger partial charge in [0.1, 0.15) is 24.7 Å². The fraction of sp³-hybridized carbons (Fsp3) is 0.407. The third-order valence-electron chi connectivity index (χ3n) is 14.1. The lowest BCUT2D eigenvalue weighted by Crippen LogP contribution is -2.46. The molecule has 2 aliphatic carbocycles. The van der Waals surface area contributed by atoms with Gasteiger partial charge in [-0.05, 0) is 123 Å². The number of carboxylic acid groups (broad SMARTS) is 1. The van der Waals surface area contributed by atoms with Crippen LogP contribution in [0.4, 0.5) is 39.3 Å². The van der Waals surface area contributed by atoms with Crippen LogP contribution in [0.1, 0.15) is 113 Å². The van der Waals surface area contributed by atoms with Gasteiger partial charge in [-0.15, -0.1) is 0 Å². The minimum absolute atomic E-state index is 0. The highest BCUT2D eigenvalue weighted by atomic mass is 19.1. The number of anilines is 2. The highest BCUT2D eigenvalue weighted by Crippen LogP contribution is 2.48. The Labute approximate surface area is 433 Å². The molecule has 9 amide bonds. The predicted molar refractivity (Wildman–Crippen MR) is 272 cm³/mol. The van der Waals surface area contributed by atoms with Crippen LogP contribution in [0.25, 0.3) is 0 Å². The monoisotopic (exact) mass is 1040 g/mol. The first kappa shape index (κ1) is 56.4.